The van der Waals surface area contributed by atoms with Gasteiger partial charge in [0.2, 0.25) is 12.2 Å². The molecule has 80 valence electrons. The molecule has 1 aromatic carbocycles. The minimum Gasteiger partial charge on any atom is -0.313 e. The van der Waals surface area contributed by atoms with E-state index >= 15 is 0 Å². The highest BCUT2D eigenvalue weighted by atomic mass is 19.1. The summed E-state index contributed by atoms with van der Waals surface area (Å²) in [5.41, 5.74) is -2.77. The number of nitriles is 2. The van der Waals surface area contributed by atoms with Crippen LogP contribution in [0.4, 0.5) is 14.5 Å². The first-order valence-electron chi connectivity index (χ1n) is 4.17. The standard InChI is InChI=1S/C11H2F2N4/c1-16-5-8-9(12)6(3-14)7(4-15)10(13)11(8)17-2/h5H2. The maximum Gasteiger partial charge on any atom is 0.236 e. The average Bonchev–Trinajstić information content (AvgIpc) is 2.33. The number of hydrogen-bond acceptors (Lipinski definition) is 2. The van der Waals surface area contributed by atoms with Crippen LogP contribution in [-0.4, -0.2) is 0 Å². The van der Waals surface area contributed by atoms with Crippen LogP contribution in [0.2, 0.25) is 0 Å². The molecule has 0 N–H and O–H groups in total. The van der Waals surface area contributed by atoms with E-state index in [0.717, 1.165) is 0 Å². The Bertz CT molecular complexity index is 651. The number of hydrogen-bond donors (Lipinski definition) is 0. The maximum absolute atomic E-state index is 13.7. The number of rotatable bonds is 1. The van der Waals surface area contributed by atoms with E-state index in [1.165, 1.54) is 12.1 Å². The Kier molecular flexibility index (Phi) is 3.35. The number of nitrogens with zero attached hydrogens (tertiary/aromatic N) is 4. The largest absolute Gasteiger partial charge is 0.313 e. The summed E-state index contributed by atoms with van der Waals surface area (Å²) in [5, 5.41) is 17.3. The molecule has 0 aliphatic heterocycles. The summed E-state index contributed by atoms with van der Waals surface area (Å²) in [6.45, 7) is 12.8. The zero-order valence-corrected chi connectivity index (χ0v) is 8.25. The van der Waals surface area contributed by atoms with Crippen LogP contribution in [-0.2, 0) is 6.54 Å². The molecule has 0 aromatic heterocycles. The molecule has 0 atom stereocenters. The van der Waals surface area contributed by atoms with Gasteiger partial charge in [-0.15, -0.1) is 0 Å². The molecule has 17 heavy (non-hydrogen) atoms. The second-order valence-electron chi connectivity index (χ2n) is 2.86. The summed E-state index contributed by atoms with van der Waals surface area (Å²) in [4.78, 5) is 5.62. The van der Waals surface area contributed by atoms with Gasteiger partial charge in [0.15, 0.2) is 0 Å². The van der Waals surface area contributed by atoms with E-state index in [1.54, 1.807) is 0 Å². The van der Waals surface area contributed by atoms with E-state index in [2.05, 4.69) is 9.69 Å². The summed E-state index contributed by atoms with van der Waals surface area (Å²) < 4.78 is 27.3. The van der Waals surface area contributed by atoms with E-state index in [1.807, 2.05) is 0 Å². The zero-order chi connectivity index (χ0) is 13.0. The van der Waals surface area contributed by atoms with Gasteiger partial charge in [0.05, 0.1) is 17.7 Å². The molecule has 0 saturated carbocycles. The van der Waals surface area contributed by atoms with Crippen molar-refractivity contribution < 1.29 is 8.78 Å². The normalized spacial score (nSPS) is 8.59. The van der Waals surface area contributed by atoms with Gasteiger partial charge in [0, 0.05) is 0 Å². The number of benzene rings is 1. The third-order valence-corrected chi connectivity index (χ3v) is 2.02. The van der Waals surface area contributed by atoms with Gasteiger partial charge in [-0.05, 0) is 0 Å². The van der Waals surface area contributed by atoms with Crippen molar-refractivity contribution in [2.24, 2.45) is 0 Å². The molecule has 0 spiro atoms. The van der Waals surface area contributed by atoms with Crippen molar-refractivity contribution in [2.75, 3.05) is 0 Å². The molecule has 6 heteroatoms. The SMILES string of the molecule is [C-]#[N+]Cc1c(F)c(C#N)c(C#N)c(F)c1[N+]#[C-]. The Labute approximate surface area is 95.6 Å². The fourth-order valence-corrected chi connectivity index (χ4v) is 1.28. The first-order chi connectivity index (χ1) is 8.12. The molecule has 0 radical (unpaired) electrons. The van der Waals surface area contributed by atoms with Crippen molar-refractivity contribution in [2.45, 2.75) is 6.54 Å². The predicted octanol–water partition coefficient (Wildman–Crippen LogP) is 2.68. The molecule has 0 aliphatic carbocycles. The smallest absolute Gasteiger partial charge is 0.236 e. The van der Waals surface area contributed by atoms with Gasteiger partial charge >= 0.3 is 0 Å². The second kappa shape index (κ2) is 4.71. The quantitative estimate of drug-likeness (QED) is 0.694. The van der Waals surface area contributed by atoms with Gasteiger partial charge in [-0.25, -0.2) is 20.2 Å². The van der Waals surface area contributed by atoms with Crippen molar-refractivity contribution in [3.05, 3.63) is 51.2 Å². The van der Waals surface area contributed by atoms with Gasteiger partial charge in [0.1, 0.15) is 29.3 Å². The lowest BCUT2D eigenvalue weighted by Crippen LogP contribution is -2.01. The molecule has 0 unspecified atom stereocenters. The van der Waals surface area contributed by atoms with Crippen molar-refractivity contribution in [1.82, 2.24) is 0 Å². The Morgan fingerprint density at radius 3 is 2.00 bits per heavy atom. The average molecular weight is 228 g/mol. The maximum atomic E-state index is 13.7. The Morgan fingerprint density at radius 2 is 1.59 bits per heavy atom. The molecule has 4 nitrogen and oxygen atoms in total. The Balaban J connectivity index is 3.86. The molecular formula is C11H2F2N4. The summed E-state index contributed by atoms with van der Waals surface area (Å²) in [6, 6.07) is 2.70. The Morgan fingerprint density at radius 1 is 1.06 bits per heavy atom. The third kappa shape index (κ3) is 1.76. The van der Waals surface area contributed by atoms with Crippen LogP contribution in [0.5, 0.6) is 0 Å². The van der Waals surface area contributed by atoms with Crippen molar-refractivity contribution in [1.29, 1.82) is 10.5 Å². The monoisotopic (exact) mass is 228 g/mol. The fourth-order valence-electron chi connectivity index (χ4n) is 1.28. The molecule has 0 aliphatic rings. The van der Waals surface area contributed by atoms with Gasteiger partial charge in [-0.1, -0.05) is 0 Å². The van der Waals surface area contributed by atoms with Crippen LogP contribution in [0.25, 0.3) is 9.69 Å². The topological polar surface area (TPSA) is 56.3 Å². The van der Waals surface area contributed by atoms with E-state index in [0.29, 0.717) is 0 Å². The van der Waals surface area contributed by atoms with Gasteiger partial charge in [-0.2, -0.15) is 10.5 Å². The first kappa shape index (κ1) is 12.1. The molecule has 0 fully saturated rings. The van der Waals surface area contributed by atoms with Gasteiger partial charge in [0.25, 0.3) is 0 Å². The summed E-state index contributed by atoms with van der Waals surface area (Å²) >= 11 is 0. The van der Waals surface area contributed by atoms with Crippen LogP contribution in [0.15, 0.2) is 0 Å². The lowest BCUT2D eigenvalue weighted by atomic mass is 10.0. The Hall–Kier alpha value is -2.96. The van der Waals surface area contributed by atoms with E-state index < -0.39 is 40.6 Å². The van der Waals surface area contributed by atoms with E-state index in [4.69, 9.17) is 23.7 Å². The van der Waals surface area contributed by atoms with Crippen molar-refractivity contribution in [3.8, 4) is 12.1 Å². The van der Waals surface area contributed by atoms with Crippen molar-refractivity contribution in [3.63, 3.8) is 0 Å². The molecule has 0 amide bonds. The lowest BCUT2D eigenvalue weighted by molar-refractivity contribution is 0.588. The molecular weight excluding hydrogens is 226 g/mol. The zero-order valence-electron chi connectivity index (χ0n) is 8.25. The number of halogens is 2. The molecule has 0 bridgehead atoms. The van der Waals surface area contributed by atoms with Crippen LogP contribution >= 0.6 is 0 Å². The summed E-state index contributed by atoms with van der Waals surface area (Å²) in [5.74, 6) is -2.42. The van der Waals surface area contributed by atoms with Crippen LogP contribution in [0.3, 0.4) is 0 Å². The summed E-state index contributed by atoms with van der Waals surface area (Å²) in [7, 11) is 0. The highest BCUT2D eigenvalue weighted by Crippen LogP contribution is 2.32. The third-order valence-electron chi connectivity index (χ3n) is 2.02. The van der Waals surface area contributed by atoms with Gasteiger partial charge < -0.3 is 4.85 Å². The lowest BCUT2D eigenvalue weighted by Gasteiger charge is -2.05. The van der Waals surface area contributed by atoms with Crippen LogP contribution in [0, 0.1) is 47.4 Å². The van der Waals surface area contributed by atoms with Crippen LogP contribution < -0.4 is 0 Å². The first-order valence-corrected chi connectivity index (χ1v) is 4.17. The fraction of sp³-hybridized carbons (Fsp3) is 0.0909. The molecule has 0 heterocycles. The molecule has 1 rings (SSSR count). The van der Waals surface area contributed by atoms with E-state index in [9.17, 15) is 8.78 Å². The predicted molar refractivity (Wildman–Crippen MR) is 52.4 cm³/mol. The minimum absolute atomic E-state index is 0.483. The second-order valence-corrected chi connectivity index (χ2v) is 2.86. The minimum atomic E-state index is -1.25. The molecule has 0 saturated heterocycles. The summed E-state index contributed by atoms with van der Waals surface area (Å²) in [6.07, 6.45) is 0. The molecule has 1 aromatic rings. The highest BCUT2D eigenvalue weighted by molar-refractivity contribution is 5.64. The highest BCUT2D eigenvalue weighted by Gasteiger charge is 2.26. The van der Waals surface area contributed by atoms with Crippen LogP contribution in [0.1, 0.15) is 16.7 Å². The van der Waals surface area contributed by atoms with Crippen molar-refractivity contribution >= 4 is 5.69 Å². The van der Waals surface area contributed by atoms with Gasteiger partial charge in [-0.3, -0.25) is 0 Å². The van der Waals surface area contributed by atoms with E-state index in [-0.39, 0.29) is 0 Å².